The smallest absolute Gasteiger partial charge is 0.262 e. The molecule has 0 amide bonds. The number of fused-ring (bicyclic) bond motifs is 1. The molecule has 0 saturated heterocycles. The van der Waals surface area contributed by atoms with Gasteiger partial charge in [-0.15, -0.1) is 0 Å². The molecule has 3 rings (SSSR count). The minimum atomic E-state index is -0.100. The maximum absolute atomic E-state index is 9.84. The zero-order chi connectivity index (χ0) is 14.8. The topological polar surface area (TPSA) is 44.3 Å². The molecule has 0 fully saturated rings. The fourth-order valence-electron chi connectivity index (χ4n) is 2.35. The summed E-state index contributed by atoms with van der Waals surface area (Å²) in [6, 6.07) is 13.2. The molecular formula is C17H16NO2S+. The molecule has 0 saturated carbocycles. The van der Waals surface area contributed by atoms with Gasteiger partial charge in [0.2, 0.25) is 5.52 Å². The first-order valence-electron chi connectivity index (χ1n) is 6.81. The Labute approximate surface area is 127 Å². The third kappa shape index (κ3) is 2.50. The lowest BCUT2D eigenvalue weighted by Gasteiger charge is -2.00. The number of phenolic OH excluding ortho intramolecular Hbond substituents is 2. The van der Waals surface area contributed by atoms with Crippen molar-refractivity contribution in [3.63, 3.8) is 0 Å². The Morgan fingerprint density at radius 3 is 2.67 bits per heavy atom. The van der Waals surface area contributed by atoms with Crippen LogP contribution in [0.5, 0.6) is 11.5 Å². The summed E-state index contributed by atoms with van der Waals surface area (Å²) in [5.74, 6) is -0.185. The number of hydrogen-bond donors (Lipinski definition) is 2. The first-order valence-corrected chi connectivity index (χ1v) is 7.62. The van der Waals surface area contributed by atoms with Crippen LogP contribution in [-0.2, 0) is 6.54 Å². The van der Waals surface area contributed by atoms with Gasteiger partial charge in [0.15, 0.2) is 11.5 Å². The van der Waals surface area contributed by atoms with Crippen molar-refractivity contribution in [3.05, 3.63) is 53.0 Å². The van der Waals surface area contributed by atoms with Gasteiger partial charge in [-0.1, -0.05) is 35.6 Å². The second kappa shape index (κ2) is 5.58. The van der Waals surface area contributed by atoms with Crippen LogP contribution in [0.4, 0.5) is 0 Å². The van der Waals surface area contributed by atoms with Gasteiger partial charge in [-0.3, -0.25) is 0 Å². The molecule has 2 N–H and O–H groups in total. The Bertz CT molecular complexity index is 821. The van der Waals surface area contributed by atoms with Crippen molar-refractivity contribution in [1.29, 1.82) is 0 Å². The number of nitrogens with zero attached hydrogens (tertiary/aromatic N) is 1. The van der Waals surface area contributed by atoms with E-state index >= 15 is 0 Å². The summed E-state index contributed by atoms with van der Waals surface area (Å²) >= 11 is 1.71. The molecular weight excluding hydrogens is 282 g/mol. The van der Waals surface area contributed by atoms with Crippen LogP contribution in [-0.4, -0.2) is 10.2 Å². The minimum absolute atomic E-state index is 0.0853. The number of hydrogen-bond acceptors (Lipinski definition) is 3. The van der Waals surface area contributed by atoms with E-state index in [-0.39, 0.29) is 11.5 Å². The molecule has 0 aliphatic carbocycles. The van der Waals surface area contributed by atoms with Crippen LogP contribution in [0.2, 0.25) is 0 Å². The van der Waals surface area contributed by atoms with E-state index < -0.39 is 0 Å². The van der Waals surface area contributed by atoms with Crippen LogP contribution in [0, 0.1) is 0 Å². The molecule has 0 aliphatic heterocycles. The maximum atomic E-state index is 9.84. The van der Waals surface area contributed by atoms with Crippen molar-refractivity contribution >= 4 is 33.7 Å². The highest BCUT2D eigenvalue weighted by molar-refractivity contribution is 7.18. The van der Waals surface area contributed by atoms with E-state index in [1.165, 1.54) is 16.3 Å². The molecule has 0 atom stereocenters. The van der Waals surface area contributed by atoms with Crippen molar-refractivity contribution in [2.24, 2.45) is 0 Å². The van der Waals surface area contributed by atoms with Gasteiger partial charge >= 0.3 is 0 Å². The fourth-order valence-corrected chi connectivity index (χ4v) is 3.48. The first-order chi connectivity index (χ1) is 10.2. The number of rotatable bonds is 3. The van der Waals surface area contributed by atoms with Gasteiger partial charge in [0, 0.05) is 17.7 Å². The van der Waals surface area contributed by atoms with E-state index in [0.29, 0.717) is 5.56 Å². The summed E-state index contributed by atoms with van der Waals surface area (Å²) in [6.45, 7) is 3.00. The summed E-state index contributed by atoms with van der Waals surface area (Å²) in [4.78, 5) is 0. The van der Waals surface area contributed by atoms with Crippen molar-refractivity contribution in [2.75, 3.05) is 0 Å². The van der Waals surface area contributed by atoms with Gasteiger partial charge < -0.3 is 10.2 Å². The summed E-state index contributed by atoms with van der Waals surface area (Å²) in [7, 11) is 0. The average Bonchev–Trinajstić information content (AvgIpc) is 2.86. The number of para-hydroxylation sites is 2. The van der Waals surface area contributed by atoms with E-state index in [1.54, 1.807) is 23.5 Å². The van der Waals surface area contributed by atoms with Crippen LogP contribution >= 0.6 is 11.3 Å². The van der Waals surface area contributed by atoms with Gasteiger partial charge in [0.05, 0.1) is 0 Å². The molecule has 0 spiro atoms. The van der Waals surface area contributed by atoms with Crippen LogP contribution < -0.4 is 4.57 Å². The summed E-state index contributed by atoms with van der Waals surface area (Å²) in [6.07, 6.45) is 3.80. The molecule has 0 aliphatic rings. The number of thiazole rings is 1. The van der Waals surface area contributed by atoms with Crippen LogP contribution in [0.25, 0.3) is 22.4 Å². The predicted octanol–water partition coefficient (Wildman–Crippen LogP) is 3.79. The highest BCUT2D eigenvalue weighted by Crippen LogP contribution is 2.30. The number of phenols is 2. The zero-order valence-corrected chi connectivity index (χ0v) is 12.5. The Hall–Kier alpha value is -2.33. The quantitative estimate of drug-likeness (QED) is 0.571. The third-order valence-corrected chi connectivity index (χ3v) is 4.53. The second-order valence-electron chi connectivity index (χ2n) is 4.70. The molecule has 2 aromatic carbocycles. The highest BCUT2D eigenvalue weighted by Gasteiger charge is 2.16. The molecule has 21 heavy (non-hydrogen) atoms. The lowest BCUT2D eigenvalue weighted by molar-refractivity contribution is -0.665. The standard InChI is InChI=1S/C17H15NO2S/c1-2-18-13-7-3-4-9-15(13)21-16(18)11-10-12-6-5-8-14(19)17(12)20/h3-11,19H,2H2,1H3/p+1. The third-order valence-electron chi connectivity index (χ3n) is 3.40. The molecule has 0 bridgehead atoms. The van der Waals surface area contributed by atoms with E-state index in [1.807, 2.05) is 24.3 Å². The van der Waals surface area contributed by atoms with E-state index in [4.69, 9.17) is 0 Å². The lowest BCUT2D eigenvalue weighted by atomic mass is 10.2. The average molecular weight is 298 g/mol. The molecule has 1 heterocycles. The van der Waals surface area contributed by atoms with Crippen LogP contribution in [0.15, 0.2) is 42.5 Å². The fraction of sp³-hybridized carbons (Fsp3) is 0.118. The number of aromatic nitrogens is 1. The lowest BCUT2D eigenvalue weighted by Crippen LogP contribution is -2.33. The van der Waals surface area contributed by atoms with Crippen molar-refractivity contribution in [2.45, 2.75) is 13.5 Å². The Kier molecular flexibility index (Phi) is 3.62. The SMILES string of the molecule is CC[n+]1c(/C=C/c2cccc(O)c2O)sc2ccccc21. The molecule has 0 unspecified atom stereocenters. The number of benzene rings is 2. The highest BCUT2D eigenvalue weighted by atomic mass is 32.1. The van der Waals surface area contributed by atoms with E-state index in [0.717, 1.165) is 11.6 Å². The molecule has 1 aromatic heterocycles. The summed E-state index contributed by atoms with van der Waals surface area (Å²) < 4.78 is 3.47. The van der Waals surface area contributed by atoms with Crippen molar-refractivity contribution in [1.82, 2.24) is 0 Å². The summed E-state index contributed by atoms with van der Waals surface area (Å²) in [5, 5.41) is 20.5. The van der Waals surface area contributed by atoms with Gasteiger partial charge in [-0.2, -0.15) is 4.57 Å². The Morgan fingerprint density at radius 1 is 1.05 bits per heavy atom. The van der Waals surface area contributed by atoms with E-state index in [2.05, 4.69) is 23.6 Å². The van der Waals surface area contributed by atoms with E-state index in [9.17, 15) is 10.2 Å². The maximum Gasteiger partial charge on any atom is 0.262 e. The minimum Gasteiger partial charge on any atom is -0.504 e. The van der Waals surface area contributed by atoms with Gasteiger partial charge in [0.25, 0.3) is 5.01 Å². The molecule has 3 nitrogen and oxygen atoms in total. The summed E-state index contributed by atoms with van der Waals surface area (Å²) in [5.41, 5.74) is 1.82. The van der Waals surface area contributed by atoms with Crippen LogP contribution in [0.1, 0.15) is 17.5 Å². The number of aromatic hydroxyl groups is 2. The zero-order valence-electron chi connectivity index (χ0n) is 11.7. The number of aryl methyl sites for hydroxylation is 1. The predicted molar refractivity (Wildman–Crippen MR) is 86.4 cm³/mol. The largest absolute Gasteiger partial charge is 0.504 e. The second-order valence-corrected chi connectivity index (χ2v) is 5.76. The van der Waals surface area contributed by atoms with Gasteiger partial charge in [-0.25, -0.2) is 0 Å². The van der Waals surface area contributed by atoms with Crippen LogP contribution in [0.3, 0.4) is 0 Å². The Balaban J connectivity index is 2.05. The first kappa shape index (κ1) is 13.6. The monoisotopic (exact) mass is 298 g/mol. The van der Waals surface area contributed by atoms with Gasteiger partial charge in [0.1, 0.15) is 11.2 Å². The molecule has 4 heteroatoms. The molecule has 0 radical (unpaired) electrons. The molecule has 3 aromatic rings. The Morgan fingerprint density at radius 2 is 1.86 bits per heavy atom. The van der Waals surface area contributed by atoms with Gasteiger partial charge in [-0.05, 0) is 25.1 Å². The van der Waals surface area contributed by atoms with Crippen molar-refractivity contribution < 1.29 is 14.8 Å². The van der Waals surface area contributed by atoms with Crippen molar-refractivity contribution in [3.8, 4) is 11.5 Å². The normalized spacial score (nSPS) is 11.5. The molecule has 106 valence electrons.